The molecule has 0 aliphatic heterocycles. The summed E-state index contributed by atoms with van der Waals surface area (Å²) in [5.74, 6) is -33.1. The molecule has 0 aliphatic rings. The molecule has 0 aromatic rings. The van der Waals surface area contributed by atoms with Crippen LogP contribution in [-0.4, -0.2) is 43.7 Å². The predicted octanol–water partition coefficient (Wildman–Crippen LogP) is 5.97. The van der Waals surface area contributed by atoms with Crippen LogP contribution in [0.1, 0.15) is 6.42 Å². The maximum absolute atomic E-state index is 13.3. The number of hydrogen-bond acceptors (Lipinski definition) is 0. The van der Waals surface area contributed by atoms with Crippen LogP contribution in [0.25, 0.3) is 0 Å². The molecule has 0 heterocycles. The molecule has 0 spiro atoms. The normalized spacial score (nSPS) is 15.9. The summed E-state index contributed by atoms with van der Waals surface area (Å²) >= 11 is 5.54. The van der Waals surface area contributed by atoms with Crippen LogP contribution in [0.4, 0.5) is 48.3 Å². The first kappa shape index (κ1) is 22.7. The van der Waals surface area contributed by atoms with E-state index in [-0.39, 0.29) is 0 Å². The van der Waals surface area contributed by atoms with Crippen molar-refractivity contribution in [2.24, 2.45) is 0 Å². The highest BCUT2D eigenvalue weighted by Gasteiger charge is 2.85. The topological polar surface area (TPSA) is 0 Å². The van der Waals surface area contributed by atoms with Gasteiger partial charge in [-0.3, -0.25) is 0 Å². The summed E-state index contributed by atoms with van der Waals surface area (Å²) in [6.07, 6.45) is -2.02. The van der Waals surface area contributed by atoms with Gasteiger partial charge in [0.25, 0.3) is 0 Å². The van der Waals surface area contributed by atoms with Crippen molar-refractivity contribution >= 4 is 18.5 Å². The summed E-state index contributed by atoms with van der Waals surface area (Å²) in [7, 11) is -2.98. The molecule has 0 unspecified atom stereocenters. The molecule has 0 N–H and O–H groups in total. The van der Waals surface area contributed by atoms with Crippen molar-refractivity contribution < 1.29 is 48.3 Å². The predicted molar refractivity (Wildman–Crippen MR) is 63.5 cm³/mol. The first-order valence-electron chi connectivity index (χ1n) is 5.91. The molecule has 0 aliphatic carbocycles. The van der Waals surface area contributed by atoms with Crippen molar-refractivity contribution in [2.75, 3.05) is 6.67 Å². The second-order valence-corrected chi connectivity index (χ2v) is 12.5. The molecule has 13 heteroatoms. The van der Waals surface area contributed by atoms with E-state index in [9.17, 15) is 48.3 Å². The molecule has 0 saturated carbocycles. The Morgan fingerprint density at radius 1 is 0.696 bits per heavy atom. The summed E-state index contributed by atoms with van der Waals surface area (Å²) in [6, 6.07) is -0.877. The van der Waals surface area contributed by atoms with Gasteiger partial charge in [0.15, 0.2) is 14.1 Å². The van der Waals surface area contributed by atoms with Gasteiger partial charge in [-0.1, -0.05) is 13.1 Å². The van der Waals surface area contributed by atoms with Crippen molar-refractivity contribution in [2.45, 2.75) is 55.2 Å². The summed E-state index contributed by atoms with van der Waals surface area (Å²) in [5.41, 5.74) is 0. The van der Waals surface area contributed by atoms with Crippen LogP contribution in [-0.2, 0) is 0 Å². The lowest BCUT2D eigenvalue weighted by Gasteiger charge is -2.39. The average Bonchev–Trinajstić information content (AvgIpc) is 2.34. The van der Waals surface area contributed by atoms with E-state index in [1.165, 1.54) is 13.1 Å². The third kappa shape index (κ3) is 4.05. The van der Waals surface area contributed by atoms with E-state index in [1.54, 1.807) is 0 Å². The fourth-order valence-electron chi connectivity index (χ4n) is 1.35. The Morgan fingerprint density at radius 3 is 1.35 bits per heavy atom. The van der Waals surface area contributed by atoms with E-state index in [1.807, 2.05) is 0 Å². The lowest BCUT2D eigenvalue weighted by atomic mass is 9.93. The van der Waals surface area contributed by atoms with E-state index in [0.717, 1.165) is 0 Å². The van der Waals surface area contributed by atoms with Gasteiger partial charge >= 0.3 is 29.6 Å². The van der Waals surface area contributed by atoms with Crippen molar-refractivity contribution in [1.29, 1.82) is 0 Å². The van der Waals surface area contributed by atoms with Crippen LogP contribution in [0.2, 0.25) is 19.1 Å². The smallest absolute Gasteiger partial charge is 0.244 e. The first-order valence-corrected chi connectivity index (χ1v) is 10.1. The van der Waals surface area contributed by atoms with Crippen LogP contribution in [0.3, 0.4) is 0 Å². The molecule has 0 aromatic heterocycles. The van der Waals surface area contributed by atoms with E-state index < -0.39 is 56.1 Å². The fourth-order valence-corrected chi connectivity index (χ4v) is 2.54. The lowest BCUT2D eigenvalue weighted by Crippen LogP contribution is -2.67. The van der Waals surface area contributed by atoms with Crippen LogP contribution in [0.15, 0.2) is 0 Å². The third-order valence-electron chi connectivity index (χ3n) is 2.91. The Bertz CT molecular complexity index is 416. The van der Waals surface area contributed by atoms with Gasteiger partial charge in [0.05, 0.1) is 0 Å². The standard InChI is InChI=1S/C10H12ClF11Si/c1-23(2,11)4-3-6(13,14)8(17,18)10(21,22)9(19,20)7(15,16)5-12/h3-5H2,1-2H3. The number of hydrogen-bond donors (Lipinski definition) is 0. The molecule has 140 valence electrons. The Kier molecular flexibility index (Phi) is 6.16. The highest BCUT2D eigenvalue weighted by Crippen LogP contribution is 2.58. The minimum Gasteiger partial charge on any atom is -0.244 e. The molecule has 0 amide bonds. The lowest BCUT2D eigenvalue weighted by molar-refractivity contribution is -0.402. The molecule has 0 nitrogen and oxygen atoms in total. The molecule has 23 heavy (non-hydrogen) atoms. The Balaban J connectivity index is 5.78. The van der Waals surface area contributed by atoms with Gasteiger partial charge in [-0.25, -0.2) is 4.39 Å². The quantitative estimate of drug-likeness (QED) is 0.266. The average molecular weight is 405 g/mol. The summed E-state index contributed by atoms with van der Waals surface area (Å²) in [6.45, 7) is -1.06. The van der Waals surface area contributed by atoms with Crippen molar-refractivity contribution in [3.05, 3.63) is 0 Å². The largest absolute Gasteiger partial charge is 0.384 e. The van der Waals surface area contributed by atoms with Gasteiger partial charge in [0.1, 0.15) is 0 Å². The number of halogens is 12. The number of alkyl halides is 11. The molecular formula is C10H12ClF11Si. The molecule has 0 saturated heterocycles. The van der Waals surface area contributed by atoms with Gasteiger partial charge in [0, 0.05) is 6.42 Å². The first-order chi connectivity index (χ1) is 9.77. The van der Waals surface area contributed by atoms with Crippen LogP contribution in [0.5, 0.6) is 0 Å². The Labute approximate surface area is 129 Å². The molecule has 0 aromatic carbocycles. The van der Waals surface area contributed by atoms with Gasteiger partial charge in [-0.15, -0.1) is 0 Å². The van der Waals surface area contributed by atoms with Gasteiger partial charge < -0.3 is 0 Å². The SMILES string of the molecule is C[Si](C)(Cl)CCC(F)(F)C(F)(F)C(F)(F)C(F)(F)C(F)(F)CF. The summed E-state index contributed by atoms with van der Waals surface area (Å²) < 4.78 is 142. The number of rotatable bonds is 8. The summed E-state index contributed by atoms with van der Waals surface area (Å²) in [5, 5.41) is 0. The van der Waals surface area contributed by atoms with Crippen molar-refractivity contribution in [1.82, 2.24) is 0 Å². The Morgan fingerprint density at radius 2 is 1.04 bits per heavy atom. The molecule has 0 bridgehead atoms. The zero-order chi connectivity index (χ0) is 19.1. The van der Waals surface area contributed by atoms with E-state index >= 15 is 0 Å². The zero-order valence-corrected chi connectivity index (χ0v) is 13.4. The van der Waals surface area contributed by atoms with E-state index in [4.69, 9.17) is 11.1 Å². The van der Waals surface area contributed by atoms with Crippen molar-refractivity contribution in [3.8, 4) is 0 Å². The molecule has 0 atom stereocenters. The maximum atomic E-state index is 13.3. The highest BCUT2D eigenvalue weighted by molar-refractivity contribution is 7.19. The molecule has 0 rings (SSSR count). The van der Waals surface area contributed by atoms with E-state index in [0.29, 0.717) is 0 Å². The van der Waals surface area contributed by atoms with Crippen LogP contribution in [0, 0.1) is 0 Å². The molecule has 0 radical (unpaired) electrons. The minimum atomic E-state index is -7.20. The highest BCUT2D eigenvalue weighted by atomic mass is 35.6. The maximum Gasteiger partial charge on any atom is 0.384 e. The second-order valence-electron chi connectivity index (χ2n) is 5.48. The van der Waals surface area contributed by atoms with Gasteiger partial charge in [0.2, 0.25) is 0 Å². The third-order valence-corrected chi connectivity index (χ3v) is 4.91. The minimum absolute atomic E-state index is 0.877. The van der Waals surface area contributed by atoms with Crippen molar-refractivity contribution in [3.63, 3.8) is 0 Å². The summed E-state index contributed by atoms with van der Waals surface area (Å²) in [4.78, 5) is 0. The van der Waals surface area contributed by atoms with Gasteiger partial charge in [-0.2, -0.15) is 55.0 Å². The zero-order valence-electron chi connectivity index (χ0n) is 11.7. The van der Waals surface area contributed by atoms with Crippen LogP contribution >= 0.6 is 11.1 Å². The fraction of sp³-hybridized carbons (Fsp3) is 1.00. The van der Waals surface area contributed by atoms with Crippen LogP contribution < -0.4 is 0 Å². The molecular weight excluding hydrogens is 393 g/mol. The van der Waals surface area contributed by atoms with Gasteiger partial charge in [-0.05, 0) is 6.04 Å². The van der Waals surface area contributed by atoms with E-state index in [2.05, 4.69) is 0 Å². The molecule has 0 fully saturated rings. The Hall–Kier alpha value is -0.263. The second kappa shape index (κ2) is 6.23. The monoisotopic (exact) mass is 404 g/mol.